The number of nitrogens with one attached hydrogen (secondary N) is 2. The van der Waals surface area contributed by atoms with E-state index in [1.807, 2.05) is 44.2 Å². The van der Waals surface area contributed by atoms with E-state index >= 15 is 0 Å². The zero-order chi connectivity index (χ0) is 24.4. The van der Waals surface area contributed by atoms with Crippen molar-refractivity contribution in [3.05, 3.63) is 77.5 Å². The SMILES string of the molecule is Cc1cc(C)cc(NC(=O)c2cccc(NC(=O)C3CCCN(c4nc5cccnc5s4)C3)c2)c1. The quantitative estimate of drug-likeness (QED) is 0.394. The van der Waals surface area contributed by atoms with Crippen LogP contribution in [0, 0.1) is 19.8 Å². The van der Waals surface area contributed by atoms with Gasteiger partial charge in [0.15, 0.2) is 5.13 Å². The number of anilines is 3. The van der Waals surface area contributed by atoms with Crippen LogP contribution in [0.2, 0.25) is 0 Å². The molecular weight excluding hydrogens is 458 g/mol. The van der Waals surface area contributed by atoms with Crippen molar-refractivity contribution in [3.8, 4) is 0 Å². The summed E-state index contributed by atoms with van der Waals surface area (Å²) in [7, 11) is 0. The van der Waals surface area contributed by atoms with Gasteiger partial charge in [-0.3, -0.25) is 9.59 Å². The standard InChI is InChI=1S/C27H27N5O2S/c1-17-12-18(2)14-22(13-17)30-24(33)19-6-3-8-21(15-19)29-25(34)20-7-5-11-32(16-20)27-31-23-9-4-10-28-26(23)35-27/h3-4,6,8-10,12-15,20H,5,7,11,16H2,1-2H3,(H,29,34)(H,30,33). The molecule has 2 aromatic carbocycles. The number of pyridine rings is 1. The van der Waals surface area contributed by atoms with Crippen LogP contribution in [-0.4, -0.2) is 34.9 Å². The monoisotopic (exact) mass is 485 g/mol. The molecule has 0 radical (unpaired) electrons. The number of carbonyl (C=O) groups is 2. The maximum Gasteiger partial charge on any atom is 0.255 e. The molecule has 8 heteroatoms. The number of fused-ring (bicyclic) bond motifs is 1. The molecule has 0 aliphatic carbocycles. The summed E-state index contributed by atoms with van der Waals surface area (Å²) in [5, 5.41) is 6.87. The second-order valence-corrected chi connectivity index (χ2v) is 9.97. The summed E-state index contributed by atoms with van der Waals surface area (Å²) in [4.78, 5) is 38.1. The van der Waals surface area contributed by atoms with E-state index in [0.29, 0.717) is 17.8 Å². The average Bonchev–Trinajstić information content (AvgIpc) is 3.28. The molecule has 4 aromatic rings. The Bertz CT molecular complexity index is 1350. The van der Waals surface area contributed by atoms with Gasteiger partial charge < -0.3 is 15.5 Å². The summed E-state index contributed by atoms with van der Waals surface area (Å²) in [5.41, 5.74) is 4.93. The van der Waals surface area contributed by atoms with Gasteiger partial charge in [0.2, 0.25) is 5.91 Å². The van der Waals surface area contributed by atoms with Gasteiger partial charge in [0.25, 0.3) is 5.91 Å². The molecule has 1 atom stereocenters. The Kier molecular flexibility index (Phi) is 6.46. The van der Waals surface area contributed by atoms with Crippen LogP contribution in [0.25, 0.3) is 10.3 Å². The summed E-state index contributed by atoms with van der Waals surface area (Å²) in [6.07, 6.45) is 3.51. The zero-order valence-corrected chi connectivity index (χ0v) is 20.6. The smallest absolute Gasteiger partial charge is 0.255 e. The molecule has 1 fully saturated rings. The highest BCUT2D eigenvalue weighted by atomic mass is 32.1. The molecule has 2 aromatic heterocycles. The Morgan fingerprint density at radius 1 is 1.00 bits per heavy atom. The van der Waals surface area contributed by atoms with Crippen molar-refractivity contribution in [2.24, 2.45) is 5.92 Å². The minimum atomic E-state index is -0.209. The number of hydrogen-bond donors (Lipinski definition) is 2. The molecular formula is C27H27N5O2S. The molecule has 2 amide bonds. The van der Waals surface area contributed by atoms with Gasteiger partial charge in [-0.05, 0) is 80.3 Å². The van der Waals surface area contributed by atoms with Gasteiger partial charge in [0.1, 0.15) is 10.3 Å². The lowest BCUT2D eigenvalue weighted by Crippen LogP contribution is -2.40. The number of nitrogens with zero attached hydrogens (tertiary/aromatic N) is 3. The third-order valence-corrected chi connectivity index (χ3v) is 7.13. The predicted molar refractivity (Wildman–Crippen MR) is 141 cm³/mol. The van der Waals surface area contributed by atoms with E-state index < -0.39 is 0 Å². The fraction of sp³-hybridized carbons (Fsp3) is 0.259. The second-order valence-electron chi connectivity index (χ2n) is 9.01. The van der Waals surface area contributed by atoms with Crippen LogP contribution < -0.4 is 15.5 Å². The highest BCUT2D eigenvalue weighted by molar-refractivity contribution is 7.21. The van der Waals surface area contributed by atoms with Gasteiger partial charge in [0.05, 0.1) is 5.92 Å². The Labute approximate surface area is 208 Å². The van der Waals surface area contributed by atoms with Gasteiger partial charge in [-0.1, -0.05) is 23.5 Å². The highest BCUT2D eigenvalue weighted by Crippen LogP contribution is 2.30. The molecule has 3 heterocycles. The Morgan fingerprint density at radius 3 is 2.63 bits per heavy atom. The molecule has 7 nitrogen and oxygen atoms in total. The van der Waals surface area contributed by atoms with E-state index in [9.17, 15) is 9.59 Å². The number of rotatable bonds is 5. The first-order valence-electron chi connectivity index (χ1n) is 11.7. The Morgan fingerprint density at radius 2 is 1.83 bits per heavy atom. The second kappa shape index (κ2) is 9.84. The molecule has 0 spiro atoms. The van der Waals surface area contributed by atoms with Crippen molar-refractivity contribution in [1.82, 2.24) is 9.97 Å². The van der Waals surface area contributed by atoms with Crippen LogP contribution in [-0.2, 0) is 4.79 Å². The summed E-state index contributed by atoms with van der Waals surface area (Å²) >= 11 is 1.56. The molecule has 1 aliphatic rings. The lowest BCUT2D eigenvalue weighted by molar-refractivity contribution is -0.120. The summed E-state index contributed by atoms with van der Waals surface area (Å²) in [5.74, 6) is -0.406. The first-order valence-corrected chi connectivity index (χ1v) is 12.5. The molecule has 35 heavy (non-hydrogen) atoms. The molecule has 0 bridgehead atoms. The van der Waals surface area contributed by atoms with Crippen LogP contribution in [0.1, 0.15) is 34.3 Å². The predicted octanol–water partition coefficient (Wildman–Crippen LogP) is 5.42. The van der Waals surface area contributed by atoms with E-state index in [-0.39, 0.29) is 17.7 Å². The van der Waals surface area contributed by atoms with Gasteiger partial charge in [-0.15, -0.1) is 0 Å². The molecule has 1 unspecified atom stereocenters. The maximum atomic E-state index is 13.1. The van der Waals surface area contributed by atoms with E-state index in [4.69, 9.17) is 4.98 Å². The van der Waals surface area contributed by atoms with Gasteiger partial charge in [0, 0.05) is 36.2 Å². The van der Waals surface area contributed by atoms with Crippen LogP contribution in [0.3, 0.4) is 0 Å². The number of benzene rings is 2. The first kappa shape index (κ1) is 23.0. The number of aromatic nitrogens is 2. The fourth-order valence-corrected chi connectivity index (χ4v) is 5.43. The highest BCUT2D eigenvalue weighted by Gasteiger charge is 2.27. The summed E-state index contributed by atoms with van der Waals surface area (Å²) in [6, 6.07) is 16.8. The van der Waals surface area contributed by atoms with Gasteiger partial charge in [-0.25, -0.2) is 9.97 Å². The van der Waals surface area contributed by atoms with E-state index in [0.717, 1.165) is 51.7 Å². The molecule has 178 valence electrons. The van der Waals surface area contributed by atoms with Crippen molar-refractivity contribution in [1.29, 1.82) is 0 Å². The number of hydrogen-bond acceptors (Lipinski definition) is 6. The van der Waals surface area contributed by atoms with Crippen molar-refractivity contribution in [2.45, 2.75) is 26.7 Å². The molecule has 5 rings (SSSR count). The fourth-order valence-electron chi connectivity index (χ4n) is 4.49. The maximum absolute atomic E-state index is 13.1. The zero-order valence-electron chi connectivity index (χ0n) is 19.7. The molecule has 1 saturated heterocycles. The number of thiazole rings is 1. The number of amides is 2. The van der Waals surface area contributed by atoms with Crippen molar-refractivity contribution in [2.75, 3.05) is 28.6 Å². The normalized spacial score (nSPS) is 15.7. The third kappa shape index (κ3) is 5.33. The molecule has 0 saturated carbocycles. The lowest BCUT2D eigenvalue weighted by atomic mass is 9.97. The molecule has 2 N–H and O–H groups in total. The van der Waals surface area contributed by atoms with Crippen molar-refractivity contribution < 1.29 is 9.59 Å². The van der Waals surface area contributed by atoms with E-state index in [2.05, 4.69) is 26.6 Å². The van der Waals surface area contributed by atoms with Crippen LogP contribution >= 0.6 is 11.3 Å². The van der Waals surface area contributed by atoms with E-state index in [1.54, 1.807) is 35.7 Å². The topological polar surface area (TPSA) is 87.2 Å². The van der Waals surface area contributed by atoms with Crippen molar-refractivity contribution in [3.63, 3.8) is 0 Å². The van der Waals surface area contributed by atoms with Crippen molar-refractivity contribution >= 4 is 50.0 Å². The summed E-state index contributed by atoms with van der Waals surface area (Å²) in [6.45, 7) is 5.48. The van der Waals surface area contributed by atoms with E-state index in [1.165, 1.54) is 0 Å². The Hall–Kier alpha value is -3.78. The van der Waals surface area contributed by atoms with Crippen LogP contribution in [0.4, 0.5) is 16.5 Å². The van der Waals surface area contributed by atoms with Gasteiger partial charge in [-0.2, -0.15) is 0 Å². The minimum Gasteiger partial charge on any atom is -0.347 e. The Balaban J connectivity index is 1.24. The number of piperidine rings is 1. The lowest BCUT2D eigenvalue weighted by Gasteiger charge is -2.31. The molecule has 1 aliphatic heterocycles. The third-order valence-electron chi connectivity index (χ3n) is 6.09. The number of carbonyl (C=O) groups excluding carboxylic acids is 2. The summed E-state index contributed by atoms with van der Waals surface area (Å²) < 4.78 is 0. The number of aryl methyl sites for hydroxylation is 2. The minimum absolute atomic E-state index is 0.0409. The average molecular weight is 486 g/mol. The largest absolute Gasteiger partial charge is 0.347 e. The van der Waals surface area contributed by atoms with Gasteiger partial charge >= 0.3 is 0 Å². The first-order chi connectivity index (χ1) is 16.9. The van der Waals surface area contributed by atoms with Crippen LogP contribution in [0.15, 0.2) is 60.8 Å². The van der Waals surface area contributed by atoms with Crippen LogP contribution in [0.5, 0.6) is 0 Å².